The molecular weight excluding hydrogens is 417 g/mol. The molecule has 2 heterocycles. The van der Waals surface area contributed by atoms with Crippen molar-refractivity contribution in [3.05, 3.63) is 67.9 Å². The van der Waals surface area contributed by atoms with Crippen LogP contribution in [0.1, 0.15) is 11.4 Å². The van der Waals surface area contributed by atoms with Crippen molar-refractivity contribution in [2.45, 2.75) is 19.9 Å². The van der Waals surface area contributed by atoms with Crippen LogP contribution >= 0.6 is 23.2 Å². The fourth-order valence-electron chi connectivity index (χ4n) is 3.39. The summed E-state index contributed by atoms with van der Waals surface area (Å²) in [5.41, 5.74) is 2.19. The molecule has 1 aliphatic heterocycles. The standard InChI is InChI=1S/C19H15Cl2N5O3/c1-11-22-19(13-2-4-15(20)16(21)9-13)25(23-11)10-18(27)24-7-6-12-8-14(26(28)29)3-5-17(12)24/h2-5,8-9H,6-7,10H2,1H3. The minimum Gasteiger partial charge on any atom is -0.310 e. The highest BCUT2D eigenvalue weighted by Crippen LogP contribution is 2.32. The van der Waals surface area contributed by atoms with Crippen LogP contribution in [0.15, 0.2) is 36.4 Å². The zero-order valence-electron chi connectivity index (χ0n) is 15.3. The van der Waals surface area contributed by atoms with Gasteiger partial charge in [0.25, 0.3) is 5.69 Å². The molecule has 148 valence electrons. The van der Waals surface area contributed by atoms with Gasteiger partial charge < -0.3 is 4.90 Å². The number of aromatic nitrogens is 3. The van der Waals surface area contributed by atoms with Gasteiger partial charge in [0.2, 0.25) is 5.91 Å². The largest absolute Gasteiger partial charge is 0.310 e. The van der Waals surface area contributed by atoms with Crippen molar-refractivity contribution in [2.24, 2.45) is 0 Å². The van der Waals surface area contributed by atoms with Gasteiger partial charge in [-0.1, -0.05) is 23.2 Å². The number of nitro benzene ring substituents is 1. The Bertz CT molecular complexity index is 1140. The highest BCUT2D eigenvalue weighted by Gasteiger charge is 2.27. The number of carbonyl (C=O) groups excluding carboxylic acids is 1. The van der Waals surface area contributed by atoms with Gasteiger partial charge in [-0.3, -0.25) is 14.9 Å². The van der Waals surface area contributed by atoms with Gasteiger partial charge >= 0.3 is 0 Å². The third kappa shape index (κ3) is 3.68. The lowest BCUT2D eigenvalue weighted by molar-refractivity contribution is -0.384. The minimum absolute atomic E-state index is 0.0202. The number of hydrogen-bond acceptors (Lipinski definition) is 5. The molecule has 0 bridgehead atoms. The number of halogens is 2. The Hall–Kier alpha value is -2.97. The molecule has 0 fully saturated rings. The number of rotatable bonds is 4. The maximum absolute atomic E-state index is 13.0. The van der Waals surface area contributed by atoms with Crippen LogP contribution in [0.5, 0.6) is 0 Å². The molecule has 2 aromatic carbocycles. The first-order chi connectivity index (χ1) is 13.8. The maximum Gasteiger partial charge on any atom is 0.269 e. The Balaban J connectivity index is 1.61. The van der Waals surface area contributed by atoms with Gasteiger partial charge in [-0.25, -0.2) is 9.67 Å². The first-order valence-electron chi connectivity index (χ1n) is 8.78. The summed E-state index contributed by atoms with van der Waals surface area (Å²) < 4.78 is 1.53. The molecule has 0 saturated carbocycles. The molecule has 4 rings (SSSR count). The fourth-order valence-corrected chi connectivity index (χ4v) is 3.69. The summed E-state index contributed by atoms with van der Waals surface area (Å²) in [5, 5.41) is 16.1. The summed E-state index contributed by atoms with van der Waals surface area (Å²) in [6.07, 6.45) is 0.568. The average molecular weight is 432 g/mol. The lowest BCUT2D eigenvalue weighted by atomic mass is 10.1. The first kappa shape index (κ1) is 19.4. The van der Waals surface area contributed by atoms with Crippen molar-refractivity contribution in [2.75, 3.05) is 11.4 Å². The Morgan fingerprint density at radius 1 is 1.21 bits per heavy atom. The second-order valence-electron chi connectivity index (χ2n) is 6.63. The number of anilines is 1. The second kappa shape index (κ2) is 7.46. The number of aryl methyl sites for hydroxylation is 1. The topological polar surface area (TPSA) is 94.2 Å². The van der Waals surface area contributed by atoms with Crippen molar-refractivity contribution < 1.29 is 9.72 Å². The number of hydrogen-bond donors (Lipinski definition) is 0. The zero-order valence-corrected chi connectivity index (χ0v) is 16.8. The third-order valence-corrected chi connectivity index (χ3v) is 5.45. The van der Waals surface area contributed by atoms with Crippen LogP contribution in [0.2, 0.25) is 10.0 Å². The Morgan fingerprint density at radius 3 is 2.72 bits per heavy atom. The molecule has 0 N–H and O–H groups in total. The number of nitro groups is 1. The lowest BCUT2D eigenvalue weighted by Crippen LogP contribution is -2.32. The quantitative estimate of drug-likeness (QED) is 0.458. The van der Waals surface area contributed by atoms with E-state index >= 15 is 0 Å². The number of nitrogens with zero attached hydrogens (tertiary/aromatic N) is 5. The summed E-state index contributed by atoms with van der Waals surface area (Å²) in [6, 6.07) is 9.65. The number of amides is 1. The zero-order chi connectivity index (χ0) is 20.7. The van der Waals surface area contributed by atoms with Crippen LogP contribution in [-0.2, 0) is 17.8 Å². The molecule has 8 nitrogen and oxygen atoms in total. The van der Waals surface area contributed by atoms with Crippen LogP contribution in [0.4, 0.5) is 11.4 Å². The Labute approximate surface area is 175 Å². The molecule has 29 heavy (non-hydrogen) atoms. The van der Waals surface area contributed by atoms with E-state index in [2.05, 4.69) is 10.1 Å². The van der Waals surface area contributed by atoms with Gasteiger partial charge in [0.1, 0.15) is 12.4 Å². The lowest BCUT2D eigenvalue weighted by Gasteiger charge is -2.17. The second-order valence-corrected chi connectivity index (χ2v) is 7.45. The molecule has 3 aromatic rings. The van der Waals surface area contributed by atoms with E-state index in [0.717, 1.165) is 5.56 Å². The molecule has 1 amide bonds. The molecule has 1 aliphatic rings. The van der Waals surface area contributed by atoms with E-state index in [0.29, 0.717) is 45.9 Å². The summed E-state index contributed by atoms with van der Waals surface area (Å²) in [5.74, 6) is 0.859. The molecule has 1 aromatic heterocycles. The van der Waals surface area contributed by atoms with Crippen molar-refractivity contribution in [1.29, 1.82) is 0 Å². The predicted molar refractivity (Wildman–Crippen MR) is 109 cm³/mol. The molecule has 0 unspecified atom stereocenters. The smallest absolute Gasteiger partial charge is 0.269 e. The molecule has 0 atom stereocenters. The van der Waals surface area contributed by atoms with Crippen molar-refractivity contribution in [3.8, 4) is 11.4 Å². The van der Waals surface area contributed by atoms with E-state index in [-0.39, 0.29) is 18.1 Å². The predicted octanol–water partition coefficient (Wildman–Crippen LogP) is 4.06. The SMILES string of the molecule is Cc1nc(-c2ccc(Cl)c(Cl)c2)n(CC(=O)N2CCc3cc([N+](=O)[O-])ccc32)n1. The monoisotopic (exact) mass is 431 g/mol. The van der Waals surface area contributed by atoms with Gasteiger partial charge in [-0.05, 0) is 43.2 Å². The summed E-state index contributed by atoms with van der Waals surface area (Å²) in [4.78, 5) is 29.5. The fraction of sp³-hybridized carbons (Fsp3) is 0.211. The molecule has 0 spiro atoms. The van der Waals surface area contributed by atoms with Gasteiger partial charge in [-0.15, -0.1) is 0 Å². The Kier molecular flexibility index (Phi) is 4.97. The number of non-ortho nitro benzene ring substituents is 1. The van der Waals surface area contributed by atoms with E-state index in [9.17, 15) is 14.9 Å². The van der Waals surface area contributed by atoms with E-state index < -0.39 is 4.92 Å². The van der Waals surface area contributed by atoms with Crippen molar-refractivity contribution >= 4 is 40.5 Å². The van der Waals surface area contributed by atoms with Gasteiger partial charge in [-0.2, -0.15) is 5.10 Å². The van der Waals surface area contributed by atoms with Crippen LogP contribution < -0.4 is 4.90 Å². The number of fused-ring (bicyclic) bond motifs is 1. The van der Waals surface area contributed by atoms with Crippen LogP contribution in [-0.4, -0.2) is 32.1 Å². The first-order valence-corrected chi connectivity index (χ1v) is 9.53. The van der Waals surface area contributed by atoms with Gasteiger partial charge in [0, 0.05) is 29.9 Å². The van der Waals surface area contributed by atoms with Gasteiger partial charge in [0.05, 0.1) is 15.0 Å². The van der Waals surface area contributed by atoms with Crippen molar-refractivity contribution in [3.63, 3.8) is 0 Å². The molecule has 0 aliphatic carbocycles. The van der Waals surface area contributed by atoms with Crippen LogP contribution in [0.3, 0.4) is 0 Å². The summed E-state index contributed by atoms with van der Waals surface area (Å²) in [7, 11) is 0. The average Bonchev–Trinajstić information content (AvgIpc) is 3.26. The van der Waals surface area contributed by atoms with E-state index in [1.807, 2.05) is 0 Å². The number of benzene rings is 2. The van der Waals surface area contributed by atoms with E-state index in [4.69, 9.17) is 23.2 Å². The van der Waals surface area contributed by atoms with E-state index in [1.165, 1.54) is 16.8 Å². The highest BCUT2D eigenvalue weighted by molar-refractivity contribution is 6.42. The molecule has 0 radical (unpaired) electrons. The maximum atomic E-state index is 13.0. The minimum atomic E-state index is -0.438. The molecule has 10 heteroatoms. The number of carbonyl (C=O) groups is 1. The van der Waals surface area contributed by atoms with E-state index in [1.54, 1.807) is 36.1 Å². The van der Waals surface area contributed by atoms with Gasteiger partial charge in [0.15, 0.2) is 5.82 Å². The summed E-state index contributed by atoms with van der Waals surface area (Å²) >= 11 is 12.1. The van der Waals surface area contributed by atoms with Crippen LogP contribution in [0.25, 0.3) is 11.4 Å². The highest BCUT2D eigenvalue weighted by atomic mass is 35.5. The molecule has 0 saturated heterocycles. The van der Waals surface area contributed by atoms with Crippen molar-refractivity contribution in [1.82, 2.24) is 14.8 Å². The van der Waals surface area contributed by atoms with Crippen LogP contribution in [0, 0.1) is 17.0 Å². The molecular formula is C19H15Cl2N5O3. The normalized spacial score (nSPS) is 12.9. The third-order valence-electron chi connectivity index (χ3n) is 4.71. The summed E-state index contributed by atoms with van der Waals surface area (Å²) in [6.45, 7) is 2.18. The Morgan fingerprint density at radius 2 is 2.00 bits per heavy atom.